The van der Waals surface area contributed by atoms with Gasteiger partial charge in [0.1, 0.15) is 0 Å². The SMILES string of the molecule is CC(C)OC(C)(C)C. The second-order valence-electron chi connectivity index (χ2n) is 3.28. The summed E-state index contributed by atoms with van der Waals surface area (Å²) in [4.78, 5) is 0. The highest BCUT2D eigenvalue weighted by molar-refractivity contribution is 4.59. The predicted molar refractivity (Wildman–Crippen MR) is 36.0 cm³/mol. The minimum atomic E-state index is 0.0220. The fourth-order valence-electron chi connectivity index (χ4n) is 0.707. The lowest BCUT2D eigenvalue weighted by molar-refractivity contribution is -0.0424. The van der Waals surface area contributed by atoms with Crippen molar-refractivity contribution in [3.05, 3.63) is 0 Å². The maximum absolute atomic E-state index is 5.44. The van der Waals surface area contributed by atoms with Crippen molar-refractivity contribution in [3.63, 3.8) is 0 Å². The molecular formula is C7H16O. The van der Waals surface area contributed by atoms with Gasteiger partial charge in [-0.15, -0.1) is 0 Å². The normalized spacial score (nSPS) is 12.8. The predicted octanol–water partition coefficient (Wildman–Crippen LogP) is 2.21. The Bertz CT molecular complexity index is 59.3. The van der Waals surface area contributed by atoms with Gasteiger partial charge in [0.2, 0.25) is 0 Å². The summed E-state index contributed by atoms with van der Waals surface area (Å²) in [6.07, 6.45) is 0.343. The molecule has 0 radical (unpaired) electrons. The molecule has 0 aliphatic rings. The van der Waals surface area contributed by atoms with E-state index in [-0.39, 0.29) is 5.60 Å². The summed E-state index contributed by atoms with van der Waals surface area (Å²) >= 11 is 0. The molecule has 0 aromatic carbocycles. The van der Waals surface area contributed by atoms with Crippen LogP contribution < -0.4 is 0 Å². The van der Waals surface area contributed by atoms with Crippen LogP contribution in [0, 0.1) is 0 Å². The van der Waals surface area contributed by atoms with Gasteiger partial charge in [-0.3, -0.25) is 0 Å². The van der Waals surface area contributed by atoms with Crippen LogP contribution in [0.4, 0.5) is 0 Å². The van der Waals surface area contributed by atoms with E-state index in [0.29, 0.717) is 6.10 Å². The summed E-state index contributed by atoms with van der Waals surface area (Å²) in [5, 5.41) is 0. The molecular weight excluding hydrogens is 100 g/mol. The third kappa shape index (κ3) is 5.96. The molecule has 0 unspecified atom stereocenters. The molecule has 1 nitrogen and oxygen atoms in total. The summed E-state index contributed by atoms with van der Waals surface area (Å²) in [6, 6.07) is 0. The van der Waals surface area contributed by atoms with E-state index in [1.165, 1.54) is 0 Å². The van der Waals surface area contributed by atoms with Gasteiger partial charge in [0.15, 0.2) is 0 Å². The molecule has 0 atom stereocenters. The van der Waals surface area contributed by atoms with Gasteiger partial charge in [-0.1, -0.05) is 0 Å². The highest BCUT2D eigenvalue weighted by Crippen LogP contribution is 2.09. The molecule has 0 saturated carbocycles. The van der Waals surface area contributed by atoms with E-state index in [0.717, 1.165) is 0 Å². The molecule has 0 bridgehead atoms. The van der Waals surface area contributed by atoms with Gasteiger partial charge >= 0.3 is 0 Å². The van der Waals surface area contributed by atoms with Crippen molar-refractivity contribution in [1.29, 1.82) is 0 Å². The average molecular weight is 116 g/mol. The first kappa shape index (κ1) is 7.96. The number of hydrogen-bond donors (Lipinski definition) is 0. The minimum absolute atomic E-state index is 0.0220. The monoisotopic (exact) mass is 116 g/mol. The van der Waals surface area contributed by atoms with Crippen LogP contribution in [-0.4, -0.2) is 11.7 Å². The molecule has 1 heteroatoms. The lowest BCUT2D eigenvalue weighted by Crippen LogP contribution is -2.23. The molecule has 0 amide bonds. The first-order valence-electron chi connectivity index (χ1n) is 3.09. The number of hydrogen-bond acceptors (Lipinski definition) is 1. The Hall–Kier alpha value is -0.0400. The summed E-state index contributed by atoms with van der Waals surface area (Å²) in [7, 11) is 0. The molecule has 0 spiro atoms. The zero-order valence-corrected chi connectivity index (χ0v) is 6.49. The molecule has 0 aliphatic carbocycles. The standard InChI is InChI=1S/C7H16O/c1-6(2)8-7(3,4)5/h6H,1-5H3. The lowest BCUT2D eigenvalue weighted by Gasteiger charge is -2.22. The molecule has 0 aliphatic heterocycles. The number of rotatable bonds is 1. The Balaban J connectivity index is 3.39. The van der Waals surface area contributed by atoms with Gasteiger partial charge in [-0.25, -0.2) is 0 Å². The van der Waals surface area contributed by atoms with Crippen LogP contribution in [0.3, 0.4) is 0 Å². The zero-order chi connectivity index (χ0) is 6.78. The van der Waals surface area contributed by atoms with Crippen molar-refractivity contribution in [2.24, 2.45) is 0 Å². The molecule has 50 valence electrons. The van der Waals surface area contributed by atoms with Crippen molar-refractivity contribution in [2.45, 2.75) is 46.3 Å². The van der Waals surface area contributed by atoms with E-state index in [2.05, 4.69) is 20.8 Å². The van der Waals surface area contributed by atoms with Crippen LogP contribution in [0.2, 0.25) is 0 Å². The Morgan fingerprint density at radius 1 is 1.12 bits per heavy atom. The van der Waals surface area contributed by atoms with E-state index in [9.17, 15) is 0 Å². The summed E-state index contributed by atoms with van der Waals surface area (Å²) in [5.74, 6) is 0. The van der Waals surface area contributed by atoms with E-state index in [4.69, 9.17) is 4.74 Å². The molecule has 0 heterocycles. The highest BCUT2D eigenvalue weighted by Gasteiger charge is 2.10. The van der Waals surface area contributed by atoms with Gasteiger partial charge in [-0.05, 0) is 34.6 Å². The van der Waals surface area contributed by atoms with Crippen molar-refractivity contribution >= 4 is 0 Å². The van der Waals surface area contributed by atoms with Crippen LogP contribution in [0.1, 0.15) is 34.6 Å². The molecule has 0 aromatic heterocycles. The Kier molecular flexibility index (Phi) is 2.48. The van der Waals surface area contributed by atoms with E-state index >= 15 is 0 Å². The van der Waals surface area contributed by atoms with Crippen LogP contribution in [0.25, 0.3) is 0 Å². The maximum atomic E-state index is 5.44. The fraction of sp³-hybridized carbons (Fsp3) is 1.00. The molecule has 0 N–H and O–H groups in total. The van der Waals surface area contributed by atoms with Gasteiger partial charge in [-0.2, -0.15) is 0 Å². The van der Waals surface area contributed by atoms with Crippen LogP contribution in [0.5, 0.6) is 0 Å². The van der Waals surface area contributed by atoms with Gasteiger partial charge in [0, 0.05) is 0 Å². The van der Waals surface area contributed by atoms with E-state index < -0.39 is 0 Å². The third-order valence-electron chi connectivity index (χ3n) is 0.589. The molecule has 0 aromatic rings. The van der Waals surface area contributed by atoms with Crippen LogP contribution in [0.15, 0.2) is 0 Å². The molecule has 0 fully saturated rings. The first-order chi connectivity index (χ1) is 3.42. The highest BCUT2D eigenvalue weighted by atomic mass is 16.5. The largest absolute Gasteiger partial charge is 0.373 e. The molecule has 8 heavy (non-hydrogen) atoms. The Morgan fingerprint density at radius 2 is 1.50 bits per heavy atom. The smallest absolute Gasteiger partial charge is 0.0601 e. The van der Waals surface area contributed by atoms with Gasteiger partial charge in [0.05, 0.1) is 11.7 Å². The van der Waals surface area contributed by atoms with E-state index in [1.54, 1.807) is 0 Å². The third-order valence-corrected chi connectivity index (χ3v) is 0.589. The van der Waals surface area contributed by atoms with Crippen molar-refractivity contribution < 1.29 is 4.74 Å². The van der Waals surface area contributed by atoms with Crippen LogP contribution in [-0.2, 0) is 4.74 Å². The Labute approximate surface area is 52.0 Å². The van der Waals surface area contributed by atoms with Gasteiger partial charge in [0.25, 0.3) is 0 Å². The number of ether oxygens (including phenoxy) is 1. The topological polar surface area (TPSA) is 9.23 Å². The molecule has 0 rings (SSSR count). The minimum Gasteiger partial charge on any atom is -0.373 e. The Morgan fingerprint density at radius 3 is 1.50 bits per heavy atom. The van der Waals surface area contributed by atoms with Gasteiger partial charge < -0.3 is 4.74 Å². The summed E-state index contributed by atoms with van der Waals surface area (Å²) in [5.41, 5.74) is 0.0220. The quantitative estimate of drug-likeness (QED) is 0.510. The van der Waals surface area contributed by atoms with Crippen molar-refractivity contribution in [2.75, 3.05) is 0 Å². The second-order valence-corrected chi connectivity index (χ2v) is 3.28. The fourth-order valence-corrected chi connectivity index (χ4v) is 0.707. The zero-order valence-electron chi connectivity index (χ0n) is 6.49. The molecule has 0 saturated heterocycles. The summed E-state index contributed by atoms with van der Waals surface area (Å²) < 4.78 is 5.44. The first-order valence-corrected chi connectivity index (χ1v) is 3.09. The average Bonchev–Trinajstić information content (AvgIpc) is 1.21. The van der Waals surface area contributed by atoms with Crippen LogP contribution >= 0.6 is 0 Å². The second kappa shape index (κ2) is 2.49. The maximum Gasteiger partial charge on any atom is 0.0601 e. The lowest BCUT2D eigenvalue weighted by atomic mass is 10.2. The summed E-state index contributed by atoms with van der Waals surface area (Å²) in [6.45, 7) is 10.3. The van der Waals surface area contributed by atoms with Crippen molar-refractivity contribution in [1.82, 2.24) is 0 Å². The van der Waals surface area contributed by atoms with E-state index in [1.807, 2.05) is 13.8 Å². The van der Waals surface area contributed by atoms with Crippen molar-refractivity contribution in [3.8, 4) is 0 Å².